The SMILES string of the molecule is CC1c2c([nH]c(N)c2/C=C(\N)c2ccccc2O)CCN1C1CCN(C2CCNCC2)CC1. The maximum Gasteiger partial charge on any atom is 0.124 e. The number of anilines is 1. The van der Waals surface area contributed by atoms with Gasteiger partial charge in [0.1, 0.15) is 11.6 Å². The molecular weight excluding hydrogens is 412 g/mol. The van der Waals surface area contributed by atoms with Crippen LogP contribution in [0, 0.1) is 0 Å². The average Bonchev–Trinajstić information content (AvgIpc) is 3.16. The number of fused-ring (bicyclic) bond motifs is 1. The Kier molecular flexibility index (Phi) is 6.36. The van der Waals surface area contributed by atoms with Crippen molar-refractivity contribution in [3.05, 3.63) is 46.6 Å². The number of phenolic OH excluding ortho intramolecular Hbond substituents is 1. The van der Waals surface area contributed by atoms with E-state index in [9.17, 15) is 5.11 Å². The van der Waals surface area contributed by atoms with Crippen molar-refractivity contribution in [1.29, 1.82) is 0 Å². The van der Waals surface area contributed by atoms with Gasteiger partial charge < -0.3 is 31.8 Å². The number of nitrogens with zero attached hydrogens (tertiary/aromatic N) is 2. The number of hydrogen-bond acceptors (Lipinski definition) is 6. The fraction of sp³-hybridized carbons (Fsp3) is 0.538. The first-order valence-corrected chi connectivity index (χ1v) is 12.5. The smallest absolute Gasteiger partial charge is 0.124 e. The van der Waals surface area contributed by atoms with Crippen LogP contribution in [0.4, 0.5) is 5.82 Å². The largest absolute Gasteiger partial charge is 0.507 e. The van der Waals surface area contributed by atoms with Gasteiger partial charge in [-0.2, -0.15) is 0 Å². The lowest BCUT2D eigenvalue weighted by molar-refractivity contribution is 0.0497. The molecule has 1 aromatic carbocycles. The quantitative estimate of drug-likeness (QED) is 0.490. The van der Waals surface area contributed by atoms with E-state index in [-0.39, 0.29) is 11.8 Å². The summed E-state index contributed by atoms with van der Waals surface area (Å²) in [5.74, 6) is 0.845. The molecule has 7 heteroatoms. The van der Waals surface area contributed by atoms with Gasteiger partial charge in [0.2, 0.25) is 0 Å². The summed E-state index contributed by atoms with van der Waals surface area (Å²) in [6.07, 6.45) is 7.93. The van der Waals surface area contributed by atoms with Gasteiger partial charge in [-0.25, -0.2) is 0 Å². The first-order chi connectivity index (χ1) is 16.0. The molecule has 0 aliphatic carbocycles. The number of aromatic hydroxyl groups is 1. The second-order valence-corrected chi connectivity index (χ2v) is 9.87. The van der Waals surface area contributed by atoms with Crippen molar-refractivity contribution >= 4 is 17.6 Å². The number of benzene rings is 1. The second kappa shape index (κ2) is 9.41. The number of piperidine rings is 2. The molecule has 7 nitrogen and oxygen atoms in total. The fourth-order valence-corrected chi connectivity index (χ4v) is 6.24. The summed E-state index contributed by atoms with van der Waals surface area (Å²) < 4.78 is 0. The second-order valence-electron chi connectivity index (χ2n) is 9.87. The lowest BCUT2D eigenvalue weighted by atomic mass is 9.90. The summed E-state index contributed by atoms with van der Waals surface area (Å²) in [6, 6.07) is 8.82. The van der Waals surface area contributed by atoms with Crippen molar-refractivity contribution < 1.29 is 5.11 Å². The van der Waals surface area contributed by atoms with Gasteiger partial charge in [-0.3, -0.25) is 4.90 Å². The molecule has 1 aromatic heterocycles. The molecule has 4 heterocycles. The van der Waals surface area contributed by atoms with Crippen LogP contribution in [0.3, 0.4) is 0 Å². The van der Waals surface area contributed by atoms with Crippen molar-refractivity contribution in [2.45, 2.75) is 57.2 Å². The molecule has 1 unspecified atom stereocenters. The zero-order valence-electron chi connectivity index (χ0n) is 19.7. The number of likely N-dealkylation sites (tertiary alicyclic amines) is 1. The number of hydrogen-bond donors (Lipinski definition) is 5. The molecule has 0 bridgehead atoms. The normalized spacial score (nSPS) is 24.2. The molecule has 178 valence electrons. The third-order valence-corrected chi connectivity index (χ3v) is 8.03. The molecular formula is C26H38N6O. The monoisotopic (exact) mass is 450 g/mol. The minimum Gasteiger partial charge on any atom is -0.507 e. The number of aromatic nitrogens is 1. The number of phenols is 1. The van der Waals surface area contributed by atoms with E-state index in [0.29, 0.717) is 23.1 Å². The summed E-state index contributed by atoms with van der Waals surface area (Å²) in [5, 5.41) is 13.7. The Hall–Kier alpha value is -2.48. The first-order valence-electron chi connectivity index (χ1n) is 12.5. The predicted molar refractivity (Wildman–Crippen MR) is 135 cm³/mol. The predicted octanol–water partition coefficient (Wildman–Crippen LogP) is 2.89. The van der Waals surface area contributed by atoms with Gasteiger partial charge in [0.15, 0.2) is 0 Å². The highest BCUT2D eigenvalue weighted by molar-refractivity contribution is 5.86. The van der Waals surface area contributed by atoms with Crippen LogP contribution in [0.2, 0.25) is 0 Å². The molecule has 1 atom stereocenters. The van der Waals surface area contributed by atoms with Crippen LogP contribution in [0.15, 0.2) is 24.3 Å². The van der Waals surface area contributed by atoms with Gasteiger partial charge in [0.25, 0.3) is 0 Å². The maximum atomic E-state index is 10.2. The number of rotatable bonds is 4. The highest BCUT2D eigenvalue weighted by Gasteiger charge is 2.35. The lowest BCUT2D eigenvalue weighted by Gasteiger charge is -2.46. The minimum absolute atomic E-state index is 0.185. The fourth-order valence-electron chi connectivity index (χ4n) is 6.24. The van der Waals surface area contributed by atoms with Crippen LogP contribution >= 0.6 is 0 Å². The van der Waals surface area contributed by atoms with Gasteiger partial charge in [0.05, 0.1) is 0 Å². The Morgan fingerprint density at radius 3 is 2.52 bits per heavy atom. The third kappa shape index (κ3) is 4.37. The molecule has 0 radical (unpaired) electrons. The number of nitrogens with two attached hydrogens (primary N) is 2. The Bertz CT molecular complexity index is 1000. The van der Waals surface area contributed by atoms with Crippen molar-refractivity contribution in [1.82, 2.24) is 20.1 Å². The van der Waals surface area contributed by atoms with E-state index in [1.54, 1.807) is 12.1 Å². The molecule has 2 saturated heterocycles. The number of H-pyrrole nitrogens is 1. The molecule has 7 N–H and O–H groups in total. The summed E-state index contributed by atoms with van der Waals surface area (Å²) in [5.41, 5.74) is 17.4. The highest BCUT2D eigenvalue weighted by Crippen LogP contribution is 2.39. The Morgan fingerprint density at radius 2 is 1.79 bits per heavy atom. The van der Waals surface area contributed by atoms with E-state index in [2.05, 4.69) is 27.0 Å². The van der Waals surface area contributed by atoms with Crippen LogP contribution < -0.4 is 16.8 Å². The molecule has 5 rings (SSSR count). The van der Waals surface area contributed by atoms with E-state index in [1.807, 2.05) is 18.2 Å². The van der Waals surface area contributed by atoms with E-state index in [1.165, 1.54) is 50.0 Å². The molecule has 2 aromatic rings. The van der Waals surface area contributed by atoms with Crippen LogP contribution in [-0.4, -0.2) is 64.7 Å². The number of aromatic amines is 1. The minimum atomic E-state index is 0.185. The average molecular weight is 451 g/mol. The Labute approximate surface area is 196 Å². The summed E-state index contributed by atoms with van der Waals surface area (Å²) in [6.45, 7) is 8.08. The lowest BCUT2D eigenvalue weighted by Crippen LogP contribution is -2.52. The van der Waals surface area contributed by atoms with Gasteiger partial charge >= 0.3 is 0 Å². The molecule has 33 heavy (non-hydrogen) atoms. The highest BCUT2D eigenvalue weighted by atomic mass is 16.3. The van der Waals surface area contributed by atoms with Crippen LogP contribution in [0.1, 0.15) is 61.0 Å². The molecule has 0 spiro atoms. The van der Waals surface area contributed by atoms with E-state index in [0.717, 1.165) is 37.7 Å². The van der Waals surface area contributed by atoms with E-state index in [4.69, 9.17) is 11.5 Å². The zero-order valence-corrected chi connectivity index (χ0v) is 19.7. The molecule has 0 amide bonds. The van der Waals surface area contributed by atoms with Crippen LogP contribution in [0.25, 0.3) is 11.8 Å². The van der Waals surface area contributed by atoms with E-state index >= 15 is 0 Å². The van der Waals surface area contributed by atoms with Crippen molar-refractivity contribution in [2.75, 3.05) is 38.5 Å². The van der Waals surface area contributed by atoms with Crippen LogP contribution in [-0.2, 0) is 6.42 Å². The van der Waals surface area contributed by atoms with Gasteiger partial charge in [0, 0.05) is 53.6 Å². The summed E-state index contributed by atoms with van der Waals surface area (Å²) >= 11 is 0. The standard InChI is InChI=1S/C26H38N6O/c1-17-25-21(16-22(27)20-4-2-3-5-24(20)33)26(28)30-23(25)10-15-32(17)19-8-13-31(14-9-19)18-6-11-29-12-7-18/h2-5,16-19,29-30,33H,6-15,27-28H2,1H3/b22-16-. The summed E-state index contributed by atoms with van der Waals surface area (Å²) in [4.78, 5) is 8.83. The molecule has 3 aliphatic rings. The number of nitrogen functional groups attached to an aromatic ring is 1. The molecule has 3 aliphatic heterocycles. The Balaban J connectivity index is 1.33. The molecule has 0 saturated carbocycles. The Morgan fingerprint density at radius 1 is 1.06 bits per heavy atom. The zero-order chi connectivity index (χ0) is 22.9. The van der Waals surface area contributed by atoms with Crippen LogP contribution in [0.5, 0.6) is 5.75 Å². The topological polar surface area (TPSA) is 107 Å². The number of nitrogens with one attached hydrogen (secondary N) is 2. The number of para-hydroxylation sites is 1. The van der Waals surface area contributed by atoms with Gasteiger partial charge in [-0.15, -0.1) is 0 Å². The van der Waals surface area contributed by atoms with Crippen molar-refractivity contribution in [3.63, 3.8) is 0 Å². The van der Waals surface area contributed by atoms with Crippen molar-refractivity contribution in [2.24, 2.45) is 5.73 Å². The first kappa shape index (κ1) is 22.3. The third-order valence-electron chi connectivity index (χ3n) is 8.03. The van der Waals surface area contributed by atoms with Crippen molar-refractivity contribution in [3.8, 4) is 5.75 Å². The molecule has 2 fully saturated rings. The van der Waals surface area contributed by atoms with Gasteiger partial charge in [-0.1, -0.05) is 12.1 Å². The van der Waals surface area contributed by atoms with E-state index < -0.39 is 0 Å². The summed E-state index contributed by atoms with van der Waals surface area (Å²) in [7, 11) is 0. The maximum absolute atomic E-state index is 10.2. The van der Waals surface area contributed by atoms with Gasteiger partial charge in [-0.05, 0) is 82.6 Å².